The van der Waals surface area contributed by atoms with Crippen molar-refractivity contribution < 1.29 is 9.90 Å². The first-order chi connectivity index (χ1) is 14.2. The van der Waals surface area contributed by atoms with Gasteiger partial charge in [0, 0.05) is 35.2 Å². The van der Waals surface area contributed by atoms with Crippen molar-refractivity contribution in [1.82, 2.24) is 25.3 Å². The number of aliphatic hydroxyl groups excluding tert-OH is 1. The molecule has 0 aromatic carbocycles. The van der Waals surface area contributed by atoms with E-state index in [0.29, 0.717) is 23.2 Å². The Morgan fingerprint density at radius 1 is 1.23 bits per heavy atom. The van der Waals surface area contributed by atoms with Crippen LogP contribution in [0.15, 0.2) is 36.9 Å². The van der Waals surface area contributed by atoms with Crippen molar-refractivity contribution in [3.8, 4) is 10.6 Å². The molecule has 0 fully saturated rings. The topological polar surface area (TPSA) is 113 Å². The van der Waals surface area contributed by atoms with Crippen LogP contribution < -0.4 is 10.6 Å². The highest BCUT2D eigenvalue weighted by molar-refractivity contribution is 7.15. The number of aromatic nitrogens is 4. The Morgan fingerprint density at radius 2 is 1.97 bits per heavy atom. The zero-order valence-electron chi connectivity index (χ0n) is 16.9. The molecule has 3 aromatic heterocycles. The van der Waals surface area contributed by atoms with Crippen LogP contribution in [0.2, 0.25) is 5.02 Å². The Labute approximate surface area is 183 Å². The molecule has 3 heterocycles. The van der Waals surface area contributed by atoms with Crippen molar-refractivity contribution in [3.63, 3.8) is 0 Å². The van der Waals surface area contributed by atoms with Crippen LogP contribution in [0.25, 0.3) is 10.6 Å². The highest BCUT2D eigenvalue weighted by atomic mass is 35.5. The summed E-state index contributed by atoms with van der Waals surface area (Å²) in [5, 5.41) is 16.6. The molecule has 0 aliphatic carbocycles. The van der Waals surface area contributed by atoms with Crippen molar-refractivity contribution in [2.75, 3.05) is 5.32 Å². The van der Waals surface area contributed by atoms with E-state index in [0.717, 1.165) is 15.4 Å². The zero-order valence-corrected chi connectivity index (χ0v) is 18.5. The van der Waals surface area contributed by atoms with Gasteiger partial charge < -0.3 is 15.7 Å². The summed E-state index contributed by atoms with van der Waals surface area (Å²) in [4.78, 5) is 30.1. The number of halogens is 1. The maximum absolute atomic E-state index is 11.7. The number of thiazole rings is 1. The Morgan fingerprint density at radius 3 is 2.63 bits per heavy atom. The zero-order chi connectivity index (χ0) is 21.7. The summed E-state index contributed by atoms with van der Waals surface area (Å²) in [7, 11) is 0. The summed E-state index contributed by atoms with van der Waals surface area (Å²) in [5.74, 6) is 0.252. The maximum atomic E-state index is 11.7. The van der Waals surface area contributed by atoms with Gasteiger partial charge in [0.25, 0.3) is 0 Å². The van der Waals surface area contributed by atoms with E-state index in [4.69, 9.17) is 11.6 Å². The van der Waals surface area contributed by atoms with Gasteiger partial charge in [-0.05, 0) is 32.9 Å². The lowest BCUT2D eigenvalue weighted by Crippen LogP contribution is -2.30. The van der Waals surface area contributed by atoms with Crippen LogP contribution in [0.5, 0.6) is 0 Å². The quantitative estimate of drug-likeness (QED) is 0.486. The molecule has 3 aromatic rings. The van der Waals surface area contributed by atoms with Gasteiger partial charge >= 0.3 is 0 Å². The highest BCUT2D eigenvalue weighted by Gasteiger charge is 2.25. The van der Waals surface area contributed by atoms with Crippen molar-refractivity contribution in [3.05, 3.63) is 52.5 Å². The predicted octanol–water partition coefficient (Wildman–Crippen LogP) is 3.38. The standard InChI is InChI=1S/C20H23ClN6O2S/c1-12(28)7-16(29)23-10-14-11-24-18(30-14)13-8-25-19(26-9-13)27-20(2,3)17-15(21)5-4-6-22-17/h4-6,8-9,11-12,28H,7,10H2,1-3H3,(H,23,29)(H,25,26,27). The lowest BCUT2D eigenvalue weighted by atomic mass is 10.00. The van der Waals surface area contributed by atoms with Crippen LogP contribution in [0.4, 0.5) is 5.95 Å². The van der Waals surface area contributed by atoms with Gasteiger partial charge in [0.2, 0.25) is 11.9 Å². The molecule has 8 nitrogen and oxygen atoms in total. The van der Waals surface area contributed by atoms with Crippen LogP contribution in [0.1, 0.15) is 37.8 Å². The van der Waals surface area contributed by atoms with E-state index < -0.39 is 11.6 Å². The first kappa shape index (κ1) is 22.1. The summed E-state index contributed by atoms with van der Waals surface area (Å²) in [5.41, 5.74) is 0.931. The van der Waals surface area contributed by atoms with Crippen LogP contribution in [0, 0.1) is 0 Å². The molecule has 0 radical (unpaired) electrons. The molecule has 0 bridgehead atoms. The van der Waals surface area contributed by atoms with Crippen molar-refractivity contribution in [1.29, 1.82) is 0 Å². The summed E-state index contributed by atoms with van der Waals surface area (Å²) in [6.07, 6.45) is 6.21. The lowest BCUT2D eigenvalue weighted by molar-refractivity contribution is -0.122. The minimum atomic E-state index is -0.662. The van der Waals surface area contributed by atoms with Crippen LogP contribution in [-0.2, 0) is 16.9 Å². The van der Waals surface area contributed by atoms with E-state index in [9.17, 15) is 9.90 Å². The van der Waals surface area contributed by atoms with Gasteiger partial charge in [0.05, 0.1) is 35.3 Å². The Hall–Kier alpha value is -2.62. The fraction of sp³-hybridized carbons (Fsp3) is 0.350. The molecule has 0 spiro atoms. The smallest absolute Gasteiger partial charge is 0.223 e. The second-order valence-electron chi connectivity index (χ2n) is 7.34. The average molecular weight is 447 g/mol. The van der Waals surface area contributed by atoms with E-state index >= 15 is 0 Å². The van der Waals surface area contributed by atoms with Gasteiger partial charge in [0.1, 0.15) is 5.01 Å². The van der Waals surface area contributed by atoms with Crippen LogP contribution >= 0.6 is 22.9 Å². The number of nitrogens with zero attached hydrogens (tertiary/aromatic N) is 4. The molecule has 1 atom stereocenters. The molecule has 0 saturated heterocycles. The Kier molecular flexibility index (Phi) is 6.96. The second-order valence-corrected chi connectivity index (χ2v) is 8.86. The number of pyridine rings is 1. The first-order valence-electron chi connectivity index (χ1n) is 9.35. The summed E-state index contributed by atoms with van der Waals surface area (Å²) in [6, 6.07) is 3.58. The summed E-state index contributed by atoms with van der Waals surface area (Å²) >= 11 is 7.71. The summed E-state index contributed by atoms with van der Waals surface area (Å²) < 4.78 is 0. The van der Waals surface area contributed by atoms with Gasteiger partial charge in [-0.25, -0.2) is 15.0 Å². The molecule has 0 aliphatic heterocycles. The van der Waals surface area contributed by atoms with Gasteiger partial charge in [-0.1, -0.05) is 11.6 Å². The molecule has 10 heteroatoms. The number of carbonyl (C=O) groups is 1. The Balaban J connectivity index is 1.64. The molecule has 30 heavy (non-hydrogen) atoms. The van der Waals surface area contributed by atoms with Gasteiger partial charge in [-0.2, -0.15) is 0 Å². The fourth-order valence-corrected chi connectivity index (χ4v) is 3.92. The molecule has 3 rings (SSSR count). The average Bonchev–Trinajstić information content (AvgIpc) is 3.15. The molecule has 0 aliphatic rings. The monoisotopic (exact) mass is 446 g/mol. The number of hydrogen-bond donors (Lipinski definition) is 3. The number of anilines is 1. The number of carbonyl (C=O) groups excluding carboxylic acids is 1. The molecule has 3 N–H and O–H groups in total. The molecule has 1 unspecified atom stereocenters. The Bertz CT molecular complexity index is 1010. The normalized spacial score (nSPS) is 12.4. The molecule has 0 saturated carbocycles. The van der Waals surface area contributed by atoms with Crippen molar-refractivity contribution in [2.24, 2.45) is 0 Å². The van der Waals surface area contributed by atoms with Crippen LogP contribution in [-0.4, -0.2) is 37.1 Å². The predicted molar refractivity (Wildman–Crippen MR) is 117 cm³/mol. The van der Waals surface area contributed by atoms with E-state index in [1.165, 1.54) is 11.3 Å². The minimum absolute atomic E-state index is 0.0774. The van der Waals surface area contributed by atoms with Crippen LogP contribution in [0.3, 0.4) is 0 Å². The number of hydrogen-bond acceptors (Lipinski definition) is 8. The first-order valence-corrected chi connectivity index (χ1v) is 10.5. The SMILES string of the molecule is CC(O)CC(=O)NCc1cnc(-c2cnc(NC(C)(C)c3ncccc3Cl)nc2)s1. The minimum Gasteiger partial charge on any atom is -0.393 e. The number of amides is 1. The molecule has 158 valence electrons. The van der Waals surface area contributed by atoms with E-state index in [1.54, 1.807) is 43.8 Å². The number of aliphatic hydroxyl groups is 1. The van der Waals surface area contributed by atoms with Gasteiger partial charge in [0.15, 0.2) is 0 Å². The third-order valence-electron chi connectivity index (χ3n) is 4.17. The van der Waals surface area contributed by atoms with E-state index in [-0.39, 0.29) is 12.3 Å². The lowest BCUT2D eigenvalue weighted by Gasteiger charge is -2.26. The van der Waals surface area contributed by atoms with Crippen molar-refractivity contribution >= 4 is 34.8 Å². The van der Waals surface area contributed by atoms with Crippen molar-refractivity contribution in [2.45, 2.75) is 45.4 Å². The molecular formula is C20H23ClN6O2S. The molecular weight excluding hydrogens is 424 g/mol. The number of nitrogens with one attached hydrogen (secondary N) is 2. The summed E-state index contributed by atoms with van der Waals surface area (Å²) in [6.45, 7) is 5.85. The fourth-order valence-electron chi connectivity index (χ4n) is 2.74. The van der Waals surface area contributed by atoms with Gasteiger partial charge in [-0.15, -0.1) is 11.3 Å². The number of rotatable bonds is 8. The maximum Gasteiger partial charge on any atom is 0.223 e. The van der Waals surface area contributed by atoms with E-state index in [2.05, 4.69) is 30.6 Å². The van der Waals surface area contributed by atoms with Gasteiger partial charge in [-0.3, -0.25) is 9.78 Å². The largest absolute Gasteiger partial charge is 0.393 e. The van der Waals surface area contributed by atoms with E-state index in [1.807, 2.05) is 13.8 Å². The second kappa shape index (κ2) is 9.46. The highest BCUT2D eigenvalue weighted by Crippen LogP contribution is 2.29. The third-order valence-corrected chi connectivity index (χ3v) is 5.52. The third kappa shape index (κ3) is 5.71. The molecule has 1 amide bonds.